The highest BCUT2D eigenvalue weighted by molar-refractivity contribution is 7.89. The van der Waals surface area contributed by atoms with Crippen molar-refractivity contribution in [2.75, 3.05) is 31.1 Å². The zero-order chi connectivity index (χ0) is 27.4. The maximum atomic E-state index is 13.3. The normalized spacial score (nSPS) is 17.3. The lowest BCUT2D eigenvalue weighted by atomic mass is 10.1. The maximum Gasteiger partial charge on any atom is 0.265 e. The third-order valence-electron chi connectivity index (χ3n) is 6.88. The van der Waals surface area contributed by atoms with E-state index >= 15 is 0 Å². The Balaban J connectivity index is 1.25. The number of aryl methyl sites for hydroxylation is 1. The minimum atomic E-state index is -3.55. The van der Waals surface area contributed by atoms with Crippen molar-refractivity contribution in [1.82, 2.24) is 9.62 Å². The van der Waals surface area contributed by atoms with Gasteiger partial charge in [-0.05, 0) is 61.2 Å². The number of para-hydroxylation sites is 2. The fourth-order valence-electron chi connectivity index (χ4n) is 4.75. The predicted octanol–water partition coefficient (Wildman–Crippen LogP) is 3.27. The Morgan fingerprint density at radius 1 is 1.00 bits per heavy atom. The van der Waals surface area contributed by atoms with Crippen molar-refractivity contribution in [3.63, 3.8) is 0 Å². The van der Waals surface area contributed by atoms with Crippen LogP contribution in [0.2, 0.25) is 0 Å². The van der Waals surface area contributed by atoms with Crippen molar-refractivity contribution in [1.29, 1.82) is 0 Å². The quantitative estimate of drug-likeness (QED) is 0.463. The Labute approximate surface area is 228 Å². The van der Waals surface area contributed by atoms with E-state index in [0.29, 0.717) is 42.4 Å². The molecule has 39 heavy (non-hydrogen) atoms. The summed E-state index contributed by atoms with van der Waals surface area (Å²) in [4.78, 5) is 27.9. The van der Waals surface area contributed by atoms with E-state index in [-0.39, 0.29) is 29.9 Å². The minimum absolute atomic E-state index is 0.0336. The predicted molar refractivity (Wildman–Crippen MR) is 146 cm³/mol. The lowest BCUT2D eigenvalue weighted by Crippen LogP contribution is -2.51. The molecule has 0 aromatic heterocycles. The van der Waals surface area contributed by atoms with Gasteiger partial charge in [-0.15, -0.1) is 0 Å². The Morgan fingerprint density at radius 3 is 2.46 bits per heavy atom. The highest BCUT2D eigenvalue weighted by Gasteiger charge is 2.34. The molecule has 1 fully saturated rings. The summed E-state index contributed by atoms with van der Waals surface area (Å²) in [5, 5.41) is 2.88. The molecule has 9 nitrogen and oxygen atoms in total. The number of anilines is 1. The number of benzene rings is 3. The molecule has 204 valence electrons. The Hall–Kier alpha value is -3.89. The first-order valence-corrected chi connectivity index (χ1v) is 14.4. The van der Waals surface area contributed by atoms with Crippen LogP contribution < -0.4 is 19.7 Å². The van der Waals surface area contributed by atoms with E-state index < -0.39 is 16.1 Å². The summed E-state index contributed by atoms with van der Waals surface area (Å²) in [6.07, 6.45) is 0.841. The molecule has 2 amide bonds. The molecule has 0 bridgehead atoms. The van der Waals surface area contributed by atoms with Gasteiger partial charge in [-0.25, -0.2) is 8.42 Å². The van der Waals surface area contributed by atoms with Crippen LogP contribution in [0.4, 0.5) is 5.69 Å². The van der Waals surface area contributed by atoms with E-state index in [1.165, 1.54) is 15.3 Å². The van der Waals surface area contributed by atoms with Gasteiger partial charge in [0, 0.05) is 19.6 Å². The van der Waals surface area contributed by atoms with E-state index in [4.69, 9.17) is 9.47 Å². The van der Waals surface area contributed by atoms with Gasteiger partial charge in [0.2, 0.25) is 10.0 Å². The van der Waals surface area contributed by atoms with E-state index in [1.807, 2.05) is 30.3 Å². The first-order valence-electron chi connectivity index (χ1n) is 12.9. The van der Waals surface area contributed by atoms with Gasteiger partial charge < -0.3 is 19.7 Å². The van der Waals surface area contributed by atoms with Crippen LogP contribution in [0.3, 0.4) is 0 Å². The van der Waals surface area contributed by atoms with E-state index in [0.717, 1.165) is 18.4 Å². The Morgan fingerprint density at radius 2 is 1.72 bits per heavy atom. The first kappa shape index (κ1) is 26.7. The van der Waals surface area contributed by atoms with Crippen molar-refractivity contribution in [2.45, 2.75) is 37.3 Å². The third-order valence-corrected chi connectivity index (χ3v) is 8.77. The number of carbonyl (C=O) groups excluding carboxylic acids is 2. The number of amides is 2. The molecule has 1 saturated heterocycles. The number of carbonyl (C=O) groups is 2. The molecule has 10 heteroatoms. The summed E-state index contributed by atoms with van der Waals surface area (Å²) in [7, 11) is -3.55. The molecule has 3 aromatic carbocycles. The molecule has 5 rings (SSSR count). The average molecular weight is 550 g/mol. The molecule has 2 heterocycles. The second kappa shape index (κ2) is 11.5. The second-order valence-corrected chi connectivity index (χ2v) is 11.5. The lowest BCUT2D eigenvalue weighted by molar-refractivity contribution is -0.128. The van der Waals surface area contributed by atoms with Gasteiger partial charge in [0.25, 0.3) is 11.8 Å². The van der Waals surface area contributed by atoms with Crippen molar-refractivity contribution in [3.05, 3.63) is 83.9 Å². The van der Waals surface area contributed by atoms with Crippen LogP contribution >= 0.6 is 0 Å². The van der Waals surface area contributed by atoms with Crippen molar-refractivity contribution in [2.24, 2.45) is 0 Å². The van der Waals surface area contributed by atoms with Crippen LogP contribution in [0.1, 0.15) is 24.0 Å². The Bertz CT molecular complexity index is 1450. The lowest BCUT2D eigenvalue weighted by Gasteiger charge is -2.34. The Kier molecular flexibility index (Phi) is 7.85. The molecule has 0 radical (unpaired) electrons. The number of hydrogen-bond donors (Lipinski definition) is 1. The second-order valence-electron chi connectivity index (χ2n) is 9.61. The van der Waals surface area contributed by atoms with E-state index in [1.54, 1.807) is 43.3 Å². The van der Waals surface area contributed by atoms with Crippen LogP contribution in [0.15, 0.2) is 77.7 Å². The van der Waals surface area contributed by atoms with E-state index in [2.05, 4.69) is 5.32 Å². The fraction of sp³-hybridized carbons (Fsp3) is 0.310. The molecule has 0 spiro atoms. The zero-order valence-electron chi connectivity index (χ0n) is 21.7. The van der Waals surface area contributed by atoms with Crippen LogP contribution in [0.5, 0.6) is 11.5 Å². The van der Waals surface area contributed by atoms with Gasteiger partial charge in [0.1, 0.15) is 11.5 Å². The number of sulfonamides is 1. The van der Waals surface area contributed by atoms with Crippen molar-refractivity contribution >= 4 is 27.5 Å². The van der Waals surface area contributed by atoms with Gasteiger partial charge in [-0.3, -0.25) is 9.59 Å². The molecule has 2 aliphatic heterocycles. The molecule has 0 aliphatic carbocycles. The molecule has 1 N–H and O–H groups in total. The SMILES string of the molecule is Cc1cc(S(=O)(=O)N2CCCC2)ccc1OCC(=O)N1C[C@H](C(=O)NCc2ccccc2)Oc2ccccc21. The summed E-state index contributed by atoms with van der Waals surface area (Å²) in [6.45, 7) is 2.90. The molecular formula is C29H31N3O6S. The van der Waals surface area contributed by atoms with Crippen LogP contribution in [-0.2, 0) is 26.2 Å². The number of nitrogens with zero attached hydrogens (tertiary/aromatic N) is 2. The topological polar surface area (TPSA) is 105 Å². The molecule has 3 aromatic rings. The summed E-state index contributed by atoms with van der Waals surface area (Å²) in [5.74, 6) is 0.185. The highest BCUT2D eigenvalue weighted by atomic mass is 32.2. The largest absolute Gasteiger partial charge is 0.483 e. The molecule has 0 saturated carbocycles. The average Bonchev–Trinajstić information content (AvgIpc) is 3.51. The van der Waals surface area contributed by atoms with Gasteiger partial charge in [0.05, 0.1) is 17.1 Å². The third kappa shape index (κ3) is 5.91. The zero-order valence-corrected chi connectivity index (χ0v) is 22.5. The number of ether oxygens (including phenoxy) is 2. The molecule has 2 aliphatic rings. The number of nitrogens with one attached hydrogen (secondary N) is 1. The van der Waals surface area contributed by atoms with Crippen LogP contribution in [0, 0.1) is 6.92 Å². The van der Waals surface area contributed by atoms with Gasteiger partial charge >= 0.3 is 0 Å². The summed E-state index contributed by atoms with van der Waals surface area (Å²) < 4.78 is 39.0. The van der Waals surface area contributed by atoms with Gasteiger partial charge in [-0.1, -0.05) is 42.5 Å². The summed E-state index contributed by atoms with van der Waals surface area (Å²) >= 11 is 0. The standard InChI is InChI=1S/C29H31N3O6S/c1-21-17-23(39(35,36)31-15-7-8-16-31)13-14-25(21)37-20-28(33)32-19-27(38-26-12-6-5-11-24(26)32)29(34)30-18-22-9-3-2-4-10-22/h2-6,9-14,17,27H,7-8,15-16,18-20H2,1H3,(H,30,34)/t27-/m1/s1. The smallest absolute Gasteiger partial charge is 0.265 e. The fourth-order valence-corrected chi connectivity index (χ4v) is 6.35. The van der Waals surface area contributed by atoms with Crippen LogP contribution in [-0.4, -0.2) is 56.9 Å². The summed E-state index contributed by atoms with van der Waals surface area (Å²) in [5.41, 5.74) is 2.13. The number of hydrogen-bond acceptors (Lipinski definition) is 6. The van der Waals surface area contributed by atoms with Crippen molar-refractivity contribution < 1.29 is 27.5 Å². The molecule has 0 unspecified atom stereocenters. The molecule has 1 atom stereocenters. The molecular weight excluding hydrogens is 518 g/mol. The van der Waals surface area contributed by atoms with Gasteiger partial charge in [-0.2, -0.15) is 4.31 Å². The minimum Gasteiger partial charge on any atom is -0.483 e. The van der Waals surface area contributed by atoms with E-state index in [9.17, 15) is 18.0 Å². The maximum absolute atomic E-state index is 13.3. The number of fused-ring (bicyclic) bond motifs is 1. The highest BCUT2D eigenvalue weighted by Crippen LogP contribution is 2.33. The number of rotatable bonds is 8. The first-order chi connectivity index (χ1) is 18.8. The van der Waals surface area contributed by atoms with Gasteiger partial charge in [0.15, 0.2) is 12.7 Å². The monoisotopic (exact) mass is 549 g/mol. The summed E-state index contributed by atoms with van der Waals surface area (Å²) in [6, 6.07) is 21.3. The van der Waals surface area contributed by atoms with Crippen molar-refractivity contribution in [3.8, 4) is 11.5 Å². The van der Waals surface area contributed by atoms with Crippen LogP contribution in [0.25, 0.3) is 0 Å².